The van der Waals surface area contributed by atoms with E-state index in [2.05, 4.69) is 26.5 Å². The summed E-state index contributed by atoms with van der Waals surface area (Å²) in [7, 11) is 0. The summed E-state index contributed by atoms with van der Waals surface area (Å²) in [4.78, 5) is 16.5. The van der Waals surface area contributed by atoms with E-state index in [1.807, 2.05) is 18.2 Å². The maximum Gasteiger partial charge on any atom is 0.225 e. The SMILES string of the molecule is O=C(NCCN1CCN(c2cccc(Cl)c2)CC1)C1CNC1. The monoisotopic (exact) mass is 322 g/mol. The largest absolute Gasteiger partial charge is 0.369 e. The Morgan fingerprint density at radius 3 is 2.68 bits per heavy atom. The van der Waals surface area contributed by atoms with Gasteiger partial charge in [0.1, 0.15) is 0 Å². The Hall–Kier alpha value is -1.30. The van der Waals surface area contributed by atoms with Gasteiger partial charge in [0.15, 0.2) is 0 Å². The van der Waals surface area contributed by atoms with Crippen LogP contribution in [0.2, 0.25) is 5.02 Å². The molecule has 0 atom stereocenters. The van der Waals surface area contributed by atoms with Gasteiger partial charge in [-0.3, -0.25) is 9.69 Å². The van der Waals surface area contributed by atoms with E-state index in [1.54, 1.807) is 0 Å². The maximum atomic E-state index is 11.7. The summed E-state index contributed by atoms with van der Waals surface area (Å²) in [6.45, 7) is 7.36. The summed E-state index contributed by atoms with van der Waals surface area (Å²) in [6, 6.07) is 8.02. The lowest BCUT2D eigenvalue weighted by Gasteiger charge is -2.36. The molecule has 2 heterocycles. The van der Waals surface area contributed by atoms with Gasteiger partial charge in [0.25, 0.3) is 0 Å². The highest BCUT2D eigenvalue weighted by Gasteiger charge is 2.24. The quantitative estimate of drug-likeness (QED) is 0.842. The molecule has 2 saturated heterocycles. The second kappa shape index (κ2) is 7.31. The molecular formula is C16H23ClN4O. The molecular weight excluding hydrogens is 300 g/mol. The molecule has 1 aromatic carbocycles. The van der Waals surface area contributed by atoms with Crippen LogP contribution in [0.15, 0.2) is 24.3 Å². The number of piperazine rings is 1. The van der Waals surface area contributed by atoms with Crippen LogP contribution in [-0.4, -0.2) is 63.2 Å². The number of benzene rings is 1. The Kier molecular flexibility index (Phi) is 5.18. The van der Waals surface area contributed by atoms with Crippen molar-refractivity contribution < 1.29 is 4.79 Å². The molecule has 2 aliphatic rings. The number of hydrogen-bond acceptors (Lipinski definition) is 4. The molecule has 2 N–H and O–H groups in total. The van der Waals surface area contributed by atoms with E-state index in [0.717, 1.165) is 57.4 Å². The standard InChI is InChI=1S/C16H23ClN4O/c17-14-2-1-3-15(10-14)21-8-6-20(7-9-21)5-4-19-16(22)13-11-18-12-13/h1-3,10,13,18H,4-9,11-12H2,(H,19,22). The van der Waals surface area contributed by atoms with Crippen LogP contribution in [0, 0.1) is 5.92 Å². The van der Waals surface area contributed by atoms with Crippen molar-refractivity contribution in [2.24, 2.45) is 5.92 Å². The highest BCUT2D eigenvalue weighted by Crippen LogP contribution is 2.20. The van der Waals surface area contributed by atoms with Gasteiger partial charge in [0.05, 0.1) is 5.92 Å². The number of nitrogens with zero attached hydrogens (tertiary/aromatic N) is 2. The van der Waals surface area contributed by atoms with Crippen molar-refractivity contribution in [2.75, 3.05) is 57.3 Å². The molecule has 3 rings (SSSR count). The zero-order valence-electron chi connectivity index (χ0n) is 12.7. The number of amides is 1. The molecule has 1 amide bonds. The normalized spacial score (nSPS) is 19.8. The van der Waals surface area contributed by atoms with Crippen LogP contribution in [0.1, 0.15) is 0 Å². The van der Waals surface area contributed by atoms with E-state index in [1.165, 1.54) is 5.69 Å². The van der Waals surface area contributed by atoms with E-state index in [9.17, 15) is 4.79 Å². The molecule has 0 unspecified atom stereocenters. The summed E-state index contributed by atoms with van der Waals surface area (Å²) in [5.74, 6) is 0.371. The Morgan fingerprint density at radius 1 is 1.27 bits per heavy atom. The minimum absolute atomic E-state index is 0.180. The Bertz CT molecular complexity index is 513. The van der Waals surface area contributed by atoms with Gasteiger partial charge in [-0.25, -0.2) is 0 Å². The van der Waals surface area contributed by atoms with Crippen LogP contribution >= 0.6 is 11.6 Å². The Morgan fingerprint density at radius 2 is 2.05 bits per heavy atom. The maximum absolute atomic E-state index is 11.7. The molecule has 0 radical (unpaired) electrons. The molecule has 1 aromatic rings. The summed E-state index contributed by atoms with van der Waals surface area (Å²) in [5, 5.41) is 6.94. The predicted molar refractivity (Wildman–Crippen MR) is 89.5 cm³/mol. The lowest BCUT2D eigenvalue weighted by molar-refractivity contribution is -0.126. The summed E-state index contributed by atoms with van der Waals surface area (Å²) >= 11 is 6.05. The van der Waals surface area contributed by atoms with Crippen LogP contribution in [0.3, 0.4) is 0 Å². The summed E-state index contributed by atoms with van der Waals surface area (Å²) in [5.41, 5.74) is 1.19. The van der Waals surface area contributed by atoms with Crippen LogP contribution in [0.5, 0.6) is 0 Å². The zero-order valence-corrected chi connectivity index (χ0v) is 13.5. The van der Waals surface area contributed by atoms with Crippen molar-refractivity contribution in [3.05, 3.63) is 29.3 Å². The van der Waals surface area contributed by atoms with Gasteiger partial charge in [-0.2, -0.15) is 0 Å². The van der Waals surface area contributed by atoms with Gasteiger partial charge in [0, 0.05) is 63.1 Å². The molecule has 2 aliphatic heterocycles. The lowest BCUT2D eigenvalue weighted by atomic mass is 10.0. The fourth-order valence-electron chi connectivity index (χ4n) is 2.86. The van der Waals surface area contributed by atoms with Crippen molar-refractivity contribution >= 4 is 23.2 Å². The molecule has 5 nitrogen and oxygen atoms in total. The number of rotatable bonds is 5. The van der Waals surface area contributed by atoms with Crippen molar-refractivity contribution in [2.45, 2.75) is 0 Å². The minimum atomic E-state index is 0.180. The van der Waals surface area contributed by atoms with Crippen LogP contribution in [-0.2, 0) is 4.79 Å². The first-order valence-corrected chi connectivity index (χ1v) is 8.31. The van der Waals surface area contributed by atoms with Crippen LogP contribution in [0.4, 0.5) is 5.69 Å². The number of nitrogens with one attached hydrogen (secondary N) is 2. The lowest BCUT2D eigenvalue weighted by Crippen LogP contribution is -2.52. The average molecular weight is 323 g/mol. The van der Waals surface area contributed by atoms with Gasteiger partial charge in [-0.15, -0.1) is 0 Å². The van der Waals surface area contributed by atoms with Gasteiger partial charge >= 0.3 is 0 Å². The number of carbonyl (C=O) groups excluding carboxylic acids is 1. The van der Waals surface area contributed by atoms with Crippen molar-refractivity contribution in [3.63, 3.8) is 0 Å². The first-order valence-electron chi connectivity index (χ1n) is 7.94. The van der Waals surface area contributed by atoms with Gasteiger partial charge in [-0.1, -0.05) is 17.7 Å². The van der Waals surface area contributed by atoms with E-state index >= 15 is 0 Å². The number of anilines is 1. The average Bonchev–Trinajstić information content (AvgIpc) is 2.46. The molecule has 0 bridgehead atoms. The second-order valence-corrected chi connectivity index (χ2v) is 6.39. The first kappa shape index (κ1) is 15.6. The summed E-state index contributed by atoms with van der Waals surface area (Å²) in [6.07, 6.45) is 0. The predicted octanol–water partition coefficient (Wildman–Crippen LogP) is 0.798. The molecule has 0 aromatic heterocycles. The highest BCUT2D eigenvalue weighted by atomic mass is 35.5. The van der Waals surface area contributed by atoms with E-state index in [0.29, 0.717) is 0 Å². The molecule has 2 fully saturated rings. The van der Waals surface area contributed by atoms with Gasteiger partial charge in [0.2, 0.25) is 5.91 Å². The van der Waals surface area contributed by atoms with Crippen LogP contribution < -0.4 is 15.5 Å². The molecule has 120 valence electrons. The fourth-order valence-corrected chi connectivity index (χ4v) is 3.04. The highest BCUT2D eigenvalue weighted by molar-refractivity contribution is 6.30. The van der Waals surface area contributed by atoms with E-state index in [-0.39, 0.29) is 11.8 Å². The van der Waals surface area contributed by atoms with E-state index < -0.39 is 0 Å². The van der Waals surface area contributed by atoms with E-state index in [4.69, 9.17) is 11.6 Å². The fraction of sp³-hybridized carbons (Fsp3) is 0.562. The topological polar surface area (TPSA) is 47.6 Å². The first-order chi connectivity index (χ1) is 10.7. The Balaban J connectivity index is 1.37. The Labute approximate surface area is 136 Å². The zero-order chi connectivity index (χ0) is 15.4. The third-order valence-electron chi connectivity index (χ3n) is 4.43. The second-order valence-electron chi connectivity index (χ2n) is 5.95. The van der Waals surface area contributed by atoms with Crippen LogP contribution in [0.25, 0.3) is 0 Å². The van der Waals surface area contributed by atoms with Crippen molar-refractivity contribution in [1.82, 2.24) is 15.5 Å². The number of carbonyl (C=O) groups is 1. The number of hydrogen-bond donors (Lipinski definition) is 2. The molecule has 0 saturated carbocycles. The molecule has 6 heteroatoms. The van der Waals surface area contributed by atoms with Crippen molar-refractivity contribution in [1.29, 1.82) is 0 Å². The van der Waals surface area contributed by atoms with Gasteiger partial charge in [-0.05, 0) is 18.2 Å². The summed E-state index contributed by atoms with van der Waals surface area (Å²) < 4.78 is 0. The third-order valence-corrected chi connectivity index (χ3v) is 4.66. The third kappa shape index (κ3) is 3.91. The van der Waals surface area contributed by atoms with Crippen molar-refractivity contribution in [3.8, 4) is 0 Å². The molecule has 0 aliphatic carbocycles. The number of halogens is 1. The minimum Gasteiger partial charge on any atom is -0.369 e. The molecule has 22 heavy (non-hydrogen) atoms. The van der Waals surface area contributed by atoms with Gasteiger partial charge < -0.3 is 15.5 Å². The smallest absolute Gasteiger partial charge is 0.225 e. The molecule has 0 spiro atoms.